The second-order valence-electron chi connectivity index (χ2n) is 0.513. The summed E-state index contributed by atoms with van der Waals surface area (Å²) in [6.07, 6.45) is 0. The molecule has 0 bridgehead atoms. The van der Waals surface area contributed by atoms with Gasteiger partial charge in [0.2, 0.25) is 0 Å². The van der Waals surface area contributed by atoms with Gasteiger partial charge in [0.05, 0.1) is 0 Å². The molecule has 4 nitrogen and oxygen atoms in total. The summed E-state index contributed by atoms with van der Waals surface area (Å²) in [6, 6.07) is 0. The van der Waals surface area contributed by atoms with Crippen molar-refractivity contribution in [3.05, 3.63) is 0 Å². The van der Waals surface area contributed by atoms with Crippen LogP contribution in [0, 0.1) is 0 Å². The molecule has 0 rings (SSSR count). The average molecular weight is 197 g/mol. The molecule has 0 aliphatic heterocycles. The Morgan fingerprint density at radius 2 is 1.14 bits per heavy atom. The molecule has 7 heavy (non-hydrogen) atoms. The smallest absolute Gasteiger partial charge is 0.303 e. The van der Waals surface area contributed by atoms with Crippen molar-refractivity contribution in [2.45, 2.75) is 0 Å². The second kappa shape index (κ2) is 5.30. The summed E-state index contributed by atoms with van der Waals surface area (Å²) in [5.41, 5.74) is 0. The molecule has 0 aromatic rings. The van der Waals surface area contributed by atoms with E-state index in [1.165, 1.54) is 0 Å². The largest absolute Gasteiger partial charge is 0.466 e. The standard InChI is InChI=1S/H3O4P.H3P.Zn/c1-5(2,3)4;;/h(H3,1,2,3,4);1H3;. The summed E-state index contributed by atoms with van der Waals surface area (Å²) in [7, 11) is -4.64. The van der Waals surface area contributed by atoms with Crippen molar-refractivity contribution in [1.82, 2.24) is 0 Å². The van der Waals surface area contributed by atoms with Crippen LogP contribution in [0.1, 0.15) is 0 Å². The topological polar surface area (TPSA) is 77.8 Å². The predicted octanol–water partition coefficient (Wildman–Crippen LogP) is -0.873. The van der Waals surface area contributed by atoms with Crippen molar-refractivity contribution >= 4 is 17.7 Å². The van der Waals surface area contributed by atoms with Gasteiger partial charge < -0.3 is 14.7 Å². The van der Waals surface area contributed by atoms with Gasteiger partial charge in [-0.15, -0.1) is 0 Å². The van der Waals surface area contributed by atoms with E-state index in [4.69, 9.17) is 19.2 Å². The predicted molar refractivity (Wildman–Crippen MR) is 25.4 cm³/mol. The Morgan fingerprint density at radius 1 is 1.14 bits per heavy atom. The fourth-order valence-corrected chi connectivity index (χ4v) is 0. The Labute approximate surface area is 56.9 Å². The molecule has 0 fully saturated rings. The number of phosphoric acid groups is 1. The van der Waals surface area contributed by atoms with Crippen molar-refractivity contribution in [3.8, 4) is 0 Å². The molecule has 0 aromatic heterocycles. The van der Waals surface area contributed by atoms with Crippen LogP contribution in [-0.4, -0.2) is 14.7 Å². The van der Waals surface area contributed by atoms with E-state index in [1.807, 2.05) is 0 Å². The molecule has 0 saturated heterocycles. The first-order valence-electron chi connectivity index (χ1n) is 0.783. The third-order valence-corrected chi connectivity index (χ3v) is 0. The van der Waals surface area contributed by atoms with Crippen molar-refractivity contribution in [2.24, 2.45) is 0 Å². The maximum absolute atomic E-state index is 8.88. The molecular weight excluding hydrogens is 191 g/mol. The molecule has 42 valence electrons. The van der Waals surface area contributed by atoms with Gasteiger partial charge in [-0.2, -0.15) is 9.90 Å². The SMILES string of the molecule is O=P(O)(O)O.P.[Zn]. The summed E-state index contributed by atoms with van der Waals surface area (Å²) in [5.74, 6) is 0. The van der Waals surface area contributed by atoms with Crippen LogP contribution < -0.4 is 0 Å². The van der Waals surface area contributed by atoms with Crippen molar-refractivity contribution in [2.75, 3.05) is 0 Å². The molecule has 0 amide bonds. The van der Waals surface area contributed by atoms with E-state index in [0.29, 0.717) is 0 Å². The molecule has 3 N–H and O–H groups in total. The van der Waals surface area contributed by atoms with E-state index in [2.05, 4.69) is 0 Å². The van der Waals surface area contributed by atoms with Gasteiger partial charge in [0.15, 0.2) is 0 Å². The van der Waals surface area contributed by atoms with E-state index in [9.17, 15) is 0 Å². The fraction of sp³-hybridized carbons (Fsp3) is 0. The Morgan fingerprint density at radius 3 is 1.14 bits per heavy atom. The van der Waals surface area contributed by atoms with Crippen LogP contribution in [0.3, 0.4) is 0 Å². The van der Waals surface area contributed by atoms with Crippen LogP contribution in [0.15, 0.2) is 0 Å². The first kappa shape index (κ1) is 15.7. The Balaban J connectivity index is -0.0000000800. The number of hydrogen-bond donors (Lipinski definition) is 3. The van der Waals surface area contributed by atoms with Gasteiger partial charge in [-0.25, -0.2) is 4.57 Å². The van der Waals surface area contributed by atoms with Crippen LogP contribution in [0.25, 0.3) is 0 Å². The molecule has 0 heterocycles. The molecule has 1 unspecified atom stereocenters. The molecule has 0 aromatic carbocycles. The van der Waals surface area contributed by atoms with Gasteiger partial charge in [0.1, 0.15) is 0 Å². The Kier molecular flexibility index (Phi) is 11.9. The third kappa shape index (κ3) is 141. The molecule has 7 heteroatoms. The van der Waals surface area contributed by atoms with Crippen molar-refractivity contribution < 1.29 is 38.7 Å². The summed E-state index contributed by atoms with van der Waals surface area (Å²) in [6.45, 7) is 0. The summed E-state index contributed by atoms with van der Waals surface area (Å²) in [5, 5.41) is 0. The number of rotatable bonds is 0. The van der Waals surface area contributed by atoms with E-state index < -0.39 is 7.82 Å². The van der Waals surface area contributed by atoms with Gasteiger partial charge >= 0.3 is 7.82 Å². The first-order valence-corrected chi connectivity index (χ1v) is 2.35. The molecule has 0 radical (unpaired) electrons. The molecule has 0 saturated carbocycles. The first-order chi connectivity index (χ1) is 2.00. The van der Waals surface area contributed by atoms with Crippen molar-refractivity contribution in [1.29, 1.82) is 0 Å². The molecule has 0 spiro atoms. The zero-order chi connectivity index (χ0) is 4.50. The van der Waals surface area contributed by atoms with E-state index in [-0.39, 0.29) is 29.4 Å². The third-order valence-electron chi connectivity index (χ3n) is 0. The maximum Gasteiger partial charge on any atom is 0.466 e. The van der Waals surface area contributed by atoms with Gasteiger partial charge in [0.25, 0.3) is 0 Å². The van der Waals surface area contributed by atoms with Crippen LogP contribution in [0.5, 0.6) is 0 Å². The summed E-state index contributed by atoms with van der Waals surface area (Å²) >= 11 is 0. The zero-order valence-corrected chi connectivity index (χ0v) is 8.89. The minimum Gasteiger partial charge on any atom is -0.303 e. The zero-order valence-electron chi connectivity index (χ0n) is 3.61. The fourth-order valence-electron chi connectivity index (χ4n) is 0. The van der Waals surface area contributed by atoms with E-state index in [1.54, 1.807) is 0 Å². The Bertz CT molecular complexity index is 55.8. The van der Waals surface area contributed by atoms with Gasteiger partial charge in [-0.3, -0.25) is 0 Å². The van der Waals surface area contributed by atoms with Gasteiger partial charge in [-0.1, -0.05) is 0 Å². The quantitative estimate of drug-likeness (QED) is 0.348. The second-order valence-corrected chi connectivity index (χ2v) is 1.54. The van der Waals surface area contributed by atoms with E-state index in [0.717, 1.165) is 0 Å². The molecule has 0 aliphatic carbocycles. The maximum atomic E-state index is 8.88. The van der Waals surface area contributed by atoms with Crippen LogP contribution in [0.4, 0.5) is 0 Å². The normalized spacial score (nSPS) is 8.43. The van der Waals surface area contributed by atoms with Crippen LogP contribution in [-0.2, 0) is 24.0 Å². The minimum atomic E-state index is -4.64. The minimum absolute atomic E-state index is 0. The van der Waals surface area contributed by atoms with Gasteiger partial charge in [-0.05, 0) is 0 Å². The van der Waals surface area contributed by atoms with Crippen LogP contribution >= 0.6 is 17.7 Å². The summed E-state index contributed by atoms with van der Waals surface area (Å²) < 4.78 is 8.88. The molecule has 1 atom stereocenters. The molecule has 0 aliphatic rings. The van der Waals surface area contributed by atoms with Gasteiger partial charge in [0, 0.05) is 19.5 Å². The number of hydrogen-bond acceptors (Lipinski definition) is 1. The monoisotopic (exact) mass is 196 g/mol. The Hall–Kier alpha value is 1.16. The van der Waals surface area contributed by atoms with E-state index >= 15 is 0 Å². The van der Waals surface area contributed by atoms with Crippen LogP contribution in [0.2, 0.25) is 0 Å². The molecular formula is H6O4P2Zn. The summed E-state index contributed by atoms with van der Waals surface area (Å²) in [4.78, 5) is 21.6. The average Bonchev–Trinajstić information content (AvgIpc) is 0.722. The van der Waals surface area contributed by atoms with Crippen molar-refractivity contribution in [3.63, 3.8) is 0 Å².